The molecule has 0 amide bonds. The van der Waals surface area contributed by atoms with Gasteiger partial charge in [-0.15, -0.1) is 0 Å². The molecule has 21 heavy (non-hydrogen) atoms. The number of H-pyrrole nitrogens is 2. The molecule has 0 aliphatic rings. The Morgan fingerprint density at radius 2 is 1.90 bits per heavy atom. The lowest BCUT2D eigenvalue weighted by molar-refractivity contribution is -0.347. The van der Waals surface area contributed by atoms with E-state index in [0.717, 1.165) is 28.5 Å². The van der Waals surface area contributed by atoms with Crippen molar-refractivity contribution in [2.75, 3.05) is 5.32 Å². The highest BCUT2D eigenvalue weighted by Gasteiger charge is 2.13. The Balaban J connectivity index is 1.80. The van der Waals surface area contributed by atoms with Crippen LogP contribution in [0.15, 0.2) is 48.8 Å². The van der Waals surface area contributed by atoms with Crippen LogP contribution in [0.25, 0.3) is 21.9 Å². The van der Waals surface area contributed by atoms with Crippen molar-refractivity contribution >= 4 is 33.4 Å². The summed E-state index contributed by atoms with van der Waals surface area (Å²) in [6.07, 6.45) is 1.75. The molecule has 4 aromatic rings. The van der Waals surface area contributed by atoms with Crippen LogP contribution in [0.3, 0.4) is 0 Å². The van der Waals surface area contributed by atoms with E-state index in [1.807, 2.05) is 19.1 Å². The number of hydrogen-bond donors (Lipinski definition) is 2. The number of nitrogens with one attached hydrogen (secondary N) is 3. The average molecular weight is 276 g/mol. The third-order valence-electron chi connectivity index (χ3n) is 3.46. The molecule has 4 rings (SSSR count). The number of aromatic amines is 2. The van der Waals surface area contributed by atoms with Gasteiger partial charge in [-0.05, 0) is 22.9 Å². The van der Waals surface area contributed by atoms with Gasteiger partial charge < -0.3 is 5.32 Å². The number of aryl methyl sites for hydroxylation is 1. The molecule has 0 unspecified atom stereocenters. The third kappa shape index (κ3) is 2.08. The van der Waals surface area contributed by atoms with E-state index in [2.05, 4.69) is 55.6 Å². The molecule has 0 fully saturated rings. The van der Waals surface area contributed by atoms with E-state index in [4.69, 9.17) is 0 Å². The Bertz CT molecular complexity index is 942. The minimum absolute atomic E-state index is 0.724. The number of imidazole rings is 1. The maximum Gasteiger partial charge on any atom is 0.305 e. The van der Waals surface area contributed by atoms with Gasteiger partial charge in [-0.1, -0.05) is 35.3 Å². The van der Waals surface area contributed by atoms with Crippen molar-refractivity contribution in [3.8, 4) is 0 Å². The van der Waals surface area contributed by atoms with Gasteiger partial charge >= 0.3 is 5.65 Å². The second kappa shape index (κ2) is 4.56. The molecule has 102 valence electrons. The highest BCUT2D eigenvalue weighted by Crippen LogP contribution is 2.23. The van der Waals surface area contributed by atoms with Crippen molar-refractivity contribution in [3.05, 3.63) is 54.6 Å². The van der Waals surface area contributed by atoms with Gasteiger partial charge in [-0.3, -0.25) is 4.98 Å². The van der Waals surface area contributed by atoms with Crippen molar-refractivity contribution < 1.29 is 4.98 Å². The summed E-state index contributed by atoms with van der Waals surface area (Å²) in [4.78, 5) is 15.0. The molecular weight excluding hydrogens is 262 g/mol. The number of benzene rings is 2. The van der Waals surface area contributed by atoms with Crippen molar-refractivity contribution in [3.63, 3.8) is 0 Å². The molecule has 3 N–H and O–H groups in total. The molecule has 0 aliphatic carbocycles. The molecule has 0 aliphatic heterocycles. The van der Waals surface area contributed by atoms with Gasteiger partial charge in [0, 0.05) is 12.6 Å². The molecule has 5 heteroatoms. The van der Waals surface area contributed by atoms with Gasteiger partial charge in [0.1, 0.15) is 0 Å². The predicted octanol–water partition coefficient (Wildman–Crippen LogP) is 2.98. The van der Waals surface area contributed by atoms with Gasteiger partial charge in [0.2, 0.25) is 11.3 Å². The van der Waals surface area contributed by atoms with E-state index >= 15 is 0 Å². The lowest BCUT2D eigenvalue weighted by Gasteiger charge is -2.06. The monoisotopic (exact) mass is 276 g/mol. The minimum Gasteiger partial charge on any atom is -0.337 e. The normalized spacial score (nSPS) is 11.1. The molecule has 0 saturated carbocycles. The predicted molar refractivity (Wildman–Crippen MR) is 82.4 cm³/mol. The first-order valence-electron chi connectivity index (χ1n) is 6.79. The first kappa shape index (κ1) is 11.8. The van der Waals surface area contributed by atoms with Crippen molar-refractivity contribution in [1.82, 2.24) is 15.0 Å². The van der Waals surface area contributed by atoms with E-state index < -0.39 is 0 Å². The lowest BCUT2D eigenvalue weighted by atomic mass is 10.1. The molecule has 0 radical (unpaired) electrons. The average Bonchev–Trinajstić information content (AvgIpc) is 2.95. The van der Waals surface area contributed by atoms with Crippen LogP contribution < -0.4 is 10.3 Å². The molecular formula is C16H14N5+. The van der Waals surface area contributed by atoms with E-state index in [9.17, 15) is 0 Å². The van der Waals surface area contributed by atoms with Crippen molar-refractivity contribution in [2.45, 2.75) is 6.92 Å². The molecule has 0 atom stereocenters. The zero-order valence-electron chi connectivity index (χ0n) is 11.5. The molecule has 2 heterocycles. The van der Waals surface area contributed by atoms with Crippen molar-refractivity contribution in [1.29, 1.82) is 0 Å². The summed E-state index contributed by atoms with van der Waals surface area (Å²) < 4.78 is 0. The number of hydrogen-bond acceptors (Lipinski definition) is 3. The Kier molecular flexibility index (Phi) is 2.57. The fraction of sp³-hybridized carbons (Fsp3) is 0.0625. The van der Waals surface area contributed by atoms with E-state index in [1.54, 1.807) is 6.33 Å². The Morgan fingerprint density at radius 3 is 2.81 bits per heavy atom. The SMILES string of the molecule is Cc1nc(Nc2ccc3ccccc3c2)c2[nH]c[nH+]c2n1. The van der Waals surface area contributed by atoms with Crippen LogP contribution in [0.1, 0.15) is 5.82 Å². The van der Waals surface area contributed by atoms with E-state index in [1.165, 1.54) is 10.8 Å². The second-order valence-corrected chi connectivity index (χ2v) is 4.96. The zero-order chi connectivity index (χ0) is 14.2. The fourth-order valence-electron chi connectivity index (χ4n) is 2.48. The first-order valence-corrected chi connectivity index (χ1v) is 6.79. The van der Waals surface area contributed by atoms with Gasteiger partial charge in [0.25, 0.3) is 0 Å². The van der Waals surface area contributed by atoms with Gasteiger partial charge in [-0.25, -0.2) is 4.98 Å². The zero-order valence-corrected chi connectivity index (χ0v) is 11.5. The standard InChI is InChI=1S/C16H13N5/c1-10-19-15-14(17-9-18-15)16(20-10)21-13-7-6-11-4-2-3-5-12(11)8-13/h2-9H,1H3,(H2,17,18,19,20,21)/p+1. The highest BCUT2D eigenvalue weighted by molar-refractivity contribution is 5.88. The number of nitrogens with zero attached hydrogens (tertiary/aromatic N) is 2. The van der Waals surface area contributed by atoms with Crippen LogP contribution in [0.5, 0.6) is 0 Å². The molecule has 0 saturated heterocycles. The smallest absolute Gasteiger partial charge is 0.305 e. The second-order valence-electron chi connectivity index (χ2n) is 4.96. The van der Waals surface area contributed by atoms with Crippen LogP contribution in [-0.2, 0) is 0 Å². The summed E-state index contributed by atoms with van der Waals surface area (Å²) in [5.74, 6) is 1.50. The largest absolute Gasteiger partial charge is 0.337 e. The summed E-state index contributed by atoms with van der Waals surface area (Å²) in [7, 11) is 0. The first-order chi connectivity index (χ1) is 10.3. The Morgan fingerprint density at radius 1 is 1.05 bits per heavy atom. The fourth-order valence-corrected chi connectivity index (χ4v) is 2.48. The van der Waals surface area contributed by atoms with Crippen LogP contribution >= 0.6 is 0 Å². The minimum atomic E-state index is 0.724. The van der Waals surface area contributed by atoms with Crippen LogP contribution in [0.4, 0.5) is 11.5 Å². The topological polar surface area (TPSA) is 67.7 Å². The summed E-state index contributed by atoms with van der Waals surface area (Å²) in [5.41, 5.74) is 2.67. The van der Waals surface area contributed by atoms with Gasteiger partial charge in [0.05, 0.1) is 0 Å². The summed E-state index contributed by atoms with van der Waals surface area (Å²) >= 11 is 0. The maximum atomic E-state index is 4.48. The molecule has 2 aromatic heterocycles. The number of fused-ring (bicyclic) bond motifs is 2. The summed E-state index contributed by atoms with van der Waals surface area (Å²) in [5, 5.41) is 5.78. The molecule has 0 bridgehead atoms. The Hall–Kier alpha value is -2.95. The molecule has 5 nitrogen and oxygen atoms in total. The van der Waals surface area contributed by atoms with Crippen molar-refractivity contribution in [2.24, 2.45) is 0 Å². The maximum absolute atomic E-state index is 4.48. The summed E-state index contributed by atoms with van der Waals surface area (Å²) in [6, 6.07) is 14.6. The van der Waals surface area contributed by atoms with Crippen LogP contribution in [0, 0.1) is 6.92 Å². The van der Waals surface area contributed by atoms with Gasteiger partial charge in [-0.2, -0.15) is 4.98 Å². The van der Waals surface area contributed by atoms with Crippen LogP contribution in [0.2, 0.25) is 0 Å². The lowest BCUT2D eigenvalue weighted by Crippen LogP contribution is -2.03. The van der Waals surface area contributed by atoms with E-state index in [0.29, 0.717) is 0 Å². The highest BCUT2D eigenvalue weighted by atomic mass is 15.1. The van der Waals surface area contributed by atoms with Gasteiger partial charge in [0.15, 0.2) is 12.1 Å². The van der Waals surface area contributed by atoms with Crippen LogP contribution in [-0.4, -0.2) is 15.0 Å². The number of anilines is 2. The molecule has 0 spiro atoms. The summed E-state index contributed by atoms with van der Waals surface area (Å²) in [6.45, 7) is 1.88. The van der Waals surface area contributed by atoms with E-state index in [-0.39, 0.29) is 0 Å². The Labute approximate surface area is 121 Å². The number of rotatable bonds is 2. The third-order valence-corrected chi connectivity index (χ3v) is 3.46. The quantitative estimate of drug-likeness (QED) is 0.591. The molecule has 2 aromatic carbocycles. The number of aromatic nitrogens is 4.